The maximum atomic E-state index is 5.44. The fourth-order valence-electron chi connectivity index (χ4n) is 1.83. The highest BCUT2D eigenvalue weighted by molar-refractivity contribution is 5.19. The average molecular weight is 235 g/mol. The van der Waals surface area contributed by atoms with Gasteiger partial charge in [-0.15, -0.1) is 0 Å². The second kappa shape index (κ2) is 6.18. The lowest BCUT2D eigenvalue weighted by Gasteiger charge is -2.29. The summed E-state index contributed by atoms with van der Waals surface area (Å²) in [7, 11) is 1.76. The largest absolute Gasteiger partial charge is 0.377 e. The summed E-state index contributed by atoms with van der Waals surface area (Å²) in [5.74, 6) is 0.560. The van der Waals surface area contributed by atoms with Crippen LogP contribution in [-0.4, -0.2) is 19.3 Å². The van der Waals surface area contributed by atoms with Gasteiger partial charge in [0.25, 0.3) is 0 Å². The lowest BCUT2D eigenvalue weighted by Crippen LogP contribution is -2.39. The molecule has 96 valence electrons. The third-order valence-corrected chi connectivity index (χ3v) is 3.13. The summed E-state index contributed by atoms with van der Waals surface area (Å²) in [5, 5.41) is 3.60. The molecule has 2 heteroatoms. The Labute approximate surface area is 105 Å². The standard InChI is InChI=1S/C15H25NO/c1-12(2)14(13-9-7-6-8-10-13)16-11-15(3,4)17-5/h6-10,12,14,16H,11H2,1-5H3. The van der Waals surface area contributed by atoms with Gasteiger partial charge in [-0.05, 0) is 25.3 Å². The smallest absolute Gasteiger partial charge is 0.0746 e. The summed E-state index contributed by atoms with van der Waals surface area (Å²) >= 11 is 0. The SMILES string of the molecule is COC(C)(C)CNC(c1ccccc1)C(C)C. The van der Waals surface area contributed by atoms with Crippen molar-refractivity contribution in [1.29, 1.82) is 0 Å². The lowest BCUT2D eigenvalue weighted by molar-refractivity contribution is 0.0197. The van der Waals surface area contributed by atoms with E-state index in [1.807, 2.05) is 0 Å². The predicted molar refractivity (Wildman–Crippen MR) is 73.1 cm³/mol. The molecule has 1 rings (SSSR count). The Morgan fingerprint density at radius 1 is 1.18 bits per heavy atom. The summed E-state index contributed by atoms with van der Waals surface area (Å²) in [5.41, 5.74) is 1.22. The molecule has 0 aliphatic rings. The summed E-state index contributed by atoms with van der Waals surface area (Å²) in [6.45, 7) is 9.53. The van der Waals surface area contributed by atoms with E-state index in [2.05, 4.69) is 63.3 Å². The maximum absolute atomic E-state index is 5.44. The first-order chi connectivity index (χ1) is 7.96. The summed E-state index contributed by atoms with van der Waals surface area (Å²) in [6.07, 6.45) is 0. The number of methoxy groups -OCH3 is 1. The van der Waals surface area contributed by atoms with Crippen molar-refractivity contribution in [1.82, 2.24) is 5.32 Å². The Hall–Kier alpha value is -0.860. The zero-order valence-corrected chi connectivity index (χ0v) is 11.7. The molecule has 0 aliphatic carbocycles. The van der Waals surface area contributed by atoms with E-state index < -0.39 is 0 Å². The van der Waals surface area contributed by atoms with Gasteiger partial charge in [0, 0.05) is 19.7 Å². The van der Waals surface area contributed by atoms with Crippen molar-refractivity contribution in [3.05, 3.63) is 35.9 Å². The van der Waals surface area contributed by atoms with Crippen LogP contribution in [0.3, 0.4) is 0 Å². The first-order valence-corrected chi connectivity index (χ1v) is 6.30. The molecule has 0 radical (unpaired) electrons. The van der Waals surface area contributed by atoms with Crippen molar-refractivity contribution in [3.8, 4) is 0 Å². The number of rotatable bonds is 6. The minimum Gasteiger partial charge on any atom is -0.377 e. The Kier molecular flexibility index (Phi) is 5.16. The number of hydrogen-bond acceptors (Lipinski definition) is 2. The predicted octanol–water partition coefficient (Wildman–Crippen LogP) is 3.40. The molecular weight excluding hydrogens is 210 g/mol. The van der Waals surface area contributed by atoms with Gasteiger partial charge in [0.15, 0.2) is 0 Å². The van der Waals surface area contributed by atoms with E-state index in [-0.39, 0.29) is 5.60 Å². The van der Waals surface area contributed by atoms with Crippen molar-refractivity contribution in [2.45, 2.75) is 39.3 Å². The van der Waals surface area contributed by atoms with Crippen LogP contribution >= 0.6 is 0 Å². The molecule has 1 aromatic rings. The van der Waals surface area contributed by atoms with Crippen LogP contribution in [0.25, 0.3) is 0 Å². The molecule has 0 saturated carbocycles. The van der Waals surface area contributed by atoms with Crippen molar-refractivity contribution in [2.24, 2.45) is 5.92 Å². The van der Waals surface area contributed by atoms with Crippen LogP contribution < -0.4 is 5.32 Å². The zero-order valence-electron chi connectivity index (χ0n) is 11.7. The Balaban J connectivity index is 2.69. The fraction of sp³-hybridized carbons (Fsp3) is 0.600. The summed E-state index contributed by atoms with van der Waals surface area (Å²) < 4.78 is 5.44. The maximum Gasteiger partial charge on any atom is 0.0746 e. The second-order valence-electron chi connectivity index (χ2n) is 5.48. The molecule has 0 aromatic heterocycles. The van der Waals surface area contributed by atoms with Gasteiger partial charge in [0.2, 0.25) is 0 Å². The molecule has 1 unspecified atom stereocenters. The van der Waals surface area contributed by atoms with Gasteiger partial charge in [-0.3, -0.25) is 0 Å². The first-order valence-electron chi connectivity index (χ1n) is 6.30. The molecule has 1 atom stereocenters. The molecule has 0 aliphatic heterocycles. The molecule has 0 fully saturated rings. The molecule has 0 heterocycles. The van der Waals surface area contributed by atoms with Crippen molar-refractivity contribution < 1.29 is 4.74 Å². The minimum absolute atomic E-state index is 0.123. The highest BCUT2D eigenvalue weighted by Gasteiger charge is 2.21. The van der Waals surface area contributed by atoms with Crippen LogP contribution in [0.4, 0.5) is 0 Å². The number of benzene rings is 1. The Morgan fingerprint density at radius 2 is 1.76 bits per heavy atom. The fourth-order valence-corrected chi connectivity index (χ4v) is 1.83. The number of hydrogen-bond donors (Lipinski definition) is 1. The molecular formula is C15H25NO. The van der Waals surface area contributed by atoms with E-state index >= 15 is 0 Å². The quantitative estimate of drug-likeness (QED) is 0.816. The molecule has 0 amide bonds. The minimum atomic E-state index is -0.123. The molecule has 2 nitrogen and oxygen atoms in total. The topological polar surface area (TPSA) is 21.3 Å². The molecule has 0 bridgehead atoms. The third kappa shape index (κ3) is 4.49. The van der Waals surface area contributed by atoms with Gasteiger partial charge >= 0.3 is 0 Å². The molecule has 1 aromatic carbocycles. The lowest BCUT2D eigenvalue weighted by atomic mass is 9.95. The Bertz CT molecular complexity index is 319. The van der Waals surface area contributed by atoms with Crippen molar-refractivity contribution >= 4 is 0 Å². The van der Waals surface area contributed by atoms with Crippen LogP contribution in [0.15, 0.2) is 30.3 Å². The second-order valence-corrected chi connectivity index (χ2v) is 5.48. The molecule has 1 N–H and O–H groups in total. The van der Waals surface area contributed by atoms with E-state index in [4.69, 9.17) is 4.74 Å². The summed E-state index contributed by atoms with van der Waals surface area (Å²) in [6, 6.07) is 11.0. The van der Waals surface area contributed by atoms with Crippen LogP contribution in [0.1, 0.15) is 39.3 Å². The van der Waals surface area contributed by atoms with Crippen LogP contribution in [-0.2, 0) is 4.74 Å². The van der Waals surface area contributed by atoms with Gasteiger partial charge in [0.1, 0.15) is 0 Å². The van der Waals surface area contributed by atoms with Gasteiger partial charge < -0.3 is 10.1 Å². The average Bonchev–Trinajstić information content (AvgIpc) is 2.30. The van der Waals surface area contributed by atoms with E-state index in [1.165, 1.54) is 5.56 Å². The van der Waals surface area contributed by atoms with Gasteiger partial charge in [0.05, 0.1) is 5.60 Å². The molecule has 0 saturated heterocycles. The molecule has 17 heavy (non-hydrogen) atoms. The normalized spacial score (nSPS) is 14.0. The number of nitrogens with one attached hydrogen (secondary N) is 1. The highest BCUT2D eigenvalue weighted by Crippen LogP contribution is 2.22. The van der Waals surface area contributed by atoms with E-state index in [0.717, 1.165) is 6.54 Å². The first kappa shape index (κ1) is 14.2. The van der Waals surface area contributed by atoms with Crippen LogP contribution in [0, 0.1) is 5.92 Å². The van der Waals surface area contributed by atoms with Gasteiger partial charge in [-0.25, -0.2) is 0 Å². The van der Waals surface area contributed by atoms with Crippen molar-refractivity contribution in [3.63, 3.8) is 0 Å². The van der Waals surface area contributed by atoms with E-state index in [9.17, 15) is 0 Å². The molecule has 0 spiro atoms. The van der Waals surface area contributed by atoms with E-state index in [0.29, 0.717) is 12.0 Å². The van der Waals surface area contributed by atoms with Gasteiger partial charge in [-0.2, -0.15) is 0 Å². The highest BCUT2D eigenvalue weighted by atomic mass is 16.5. The monoisotopic (exact) mass is 235 g/mol. The van der Waals surface area contributed by atoms with Gasteiger partial charge in [-0.1, -0.05) is 44.2 Å². The van der Waals surface area contributed by atoms with Crippen LogP contribution in [0.2, 0.25) is 0 Å². The van der Waals surface area contributed by atoms with Crippen LogP contribution in [0.5, 0.6) is 0 Å². The van der Waals surface area contributed by atoms with Crippen molar-refractivity contribution in [2.75, 3.05) is 13.7 Å². The zero-order chi connectivity index (χ0) is 12.9. The Morgan fingerprint density at radius 3 is 2.24 bits per heavy atom. The van der Waals surface area contributed by atoms with E-state index in [1.54, 1.807) is 7.11 Å². The number of ether oxygens (including phenoxy) is 1. The summed E-state index contributed by atoms with van der Waals surface area (Å²) in [4.78, 5) is 0. The third-order valence-electron chi connectivity index (χ3n) is 3.13.